The maximum Gasteiger partial charge on any atom is 0.256 e. The summed E-state index contributed by atoms with van der Waals surface area (Å²) in [4.78, 5) is 27.4. The van der Waals surface area contributed by atoms with Gasteiger partial charge >= 0.3 is 0 Å². The van der Waals surface area contributed by atoms with Crippen LogP contribution < -0.4 is 15.5 Å². The molecular formula is C23H23N3O2S. The second kappa shape index (κ2) is 8.49. The zero-order chi connectivity index (χ0) is 20.2. The van der Waals surface area contributed by atoms with Crippen molar-refractivity contribution in [2.45, 2.75) is 19.4 Å². The predicted molar refractivity (Wildman–Crippen MR) is 118 cm³/mol. The van der Waals surface area contributed by atoms with E-state index in [1.807, 2.05) is 11.4 Å². The normalized spacial score (nSPS) is 15.1. The molecule has 2 amide bonds. The number of nitrogens with one attached hydrogen (secondary N) is 2. The highest BCUT2D eigenvalue weighted by Crippen LogP contribution is 2.31. The van der Waals surface area contributed by atoms with Gasteiger partial charge in [-0.1, -0.05) is 30.3 Å². The summed E-state index contributed by atoms with van der Waals surface area (Å²) >= 11 is 1.46. The number of fused-ring (bicyclic) bond motifs is 1. The molecule has 29 heavy (non-hydrogen) atoms. The first kappa shape index (κ1) is 19.2. The highest BCUT2D eigenvalue weighted by Gasteiger charge is 2.25. The van der Waals surface area contributed by atoms with Crippen LogP contribution in [0.3, 0.4) is 0 Å². The summed E-state index contributed by atoms with van der Waals surface area (Å²) in [7, 11) is 0. The highest BCUT2D eigenvalue weighted by atomic mass is 32.1. The van der Waals surface area contributed by atoms with Gasteiger partial charge in [-0.15, -0.1) is 0 Å². The van der Waals surface area contributed by atoms with Crippen molar-refractivity contribution in [3.05, 3.63) is 82.0 Å². The molecule has 0 saturated carbocycles. The molecule has 2 aromatic carbocycles. The van der Waals surface area contributed by atoms with E-state index < -0.39 is 0 Å². The van der Waals surface area contributed by atoms with Crippen molar-refractivity contribution in [3.63, 3.8) is 0 Å². The van der Waals surface area contributed by atoms with Gasteiger partial charge in [0.15, 0.2) is 0 Å². The lowest BCUT2D eigenvalue weighted by atomic mass is 10.1. The molecule has 6 heteroatoms. The van der Waals surface area contributed by atoms with E-state index >= 15 is 0 Å². The average Bonchev–Trinajstić information content (AvgIpc) is 3.37. The number of hydrogen-bond acceptors (Lipinski definition) is 4. The van der Waals surface area contributed by atoms with Crippen molar-refractivity contribution in [1.82, 2.24) is 5.32 Å². The van der Waals surface area contributed by atoms with E-state index in [9.17, 15) is 9.59 Å². The number of anilines is 2. The first-order valence-electron chi connectivity index (χ1n) is 9.69. The Labute approximate surface area is 174 Å². The number of carbonyl (C=O) groups is 2. The summed E-state index contributed by atoms with van der Waals surface area (Å²) < 4.78 is 0. The zero-order valence-electron chi connectivity index (χ0n) is 16.2. The molecule has 4 rings (SSSR count). The van der Waals surface area contributed by atoms with Crippen LogP contribution in [0, 0.1) is 0 Å². The van der Waals surface area contributed by atoms with Crippen molar-refractivity contribution in [3.8, 4) is 0 Å². The number of carbonyl (C=O) groups excluding carboxylic acids is 2. The van der Waals surface area contributed by atoms with E-state index in [-0.39, 0.29) is 11.8 Å². The van der Waals surface area contributed by atoms with Crippen LogP contribution in [-0.2, 0) is 6.42 Å². The van der Waals surface area contributed by atoms with E-state index in [0.29, 0.717) is 29.4 Å². The Hall–Kier alpha value is -3.12. The molecule has 0 radical (unpaired) electrons. The molecule has 1 aliphatic heterocycles. The van der Waals surface area contributed by atoms with E-state index in [0.717, 1.165) is 13.0 Å². The Balaban J connectivity index is 1.39. The maximum atomic E-state index is 12.8. The van der Waals surface area contributed by atoms with Crippen LogP contribution in [0.2, 0.25) is 0 Å². The third-order valence-corrected chi connectivity index (χ3v) is 5.87. The van der Waals surface area contributed by atoms with Crippen LogP contribution in [0.5, 0.6) is 0 Å². The number of rotatable bonds is 6. The number of nitrogens with zero attached hydrogens (tertiary/aromatic N) is 1. The topological polar surface area (TPSA) is 61.4 Å². The number of amides is 2. The molecule has 3 aromatic rings. The van der Waals surface area contributed by atoms with Crippen LogP contribution >= 0.6 is 11.3 Å². The van der Waals surface area contributed by atoms with Crippen molar-refractivity contribution >= 4 is 34.5 Å². The molecule has 5 nitrogen and oxygen atoms in total. The van der Waals surface area contributed by atoms with Crippen LogP contribution in [0.4, 0.5) is 11.4 Å². The molecule has 0 saturated heterocycles. The smallest absolute Gasteiger partial charge is 0.256 e. The van der Waals surface area contributed by atoms with Crippen LogP contribution in [0.25, 0.3) is 0 Å². The largest absolute Gasteiger partial charge is 0.367 e. The lowest BCUT2D eigenvalue weighted by Crippen LogP contribution is -2.38. The van der Waals surface area contributed by atoms with Gasteiger partial charge in [-0.25, -0.2) is 0 Å². The summed E-state index contributed by atoms with van der Waals surface area (Å²) in [5, 5.41) is 9.47. The molecule has 0 aliphatic carbocycles. The third kappa shape index (κ3) is 4.17. The van der Waals surface area contributed by atoms with Gasteiger partial charge in [0.05, 0.1) is 16.8 Å². The highest BCUT2D eigenvalue weighted by molar-refractivity contribution is 7.08. The van der Waals surface area contributed by atoms with Gasteiger partial charge in [-0.3, -0.25) is 9.59 Å². The van der Waals surface area contributed by atoms with Crippen LogP contribution in [0.1, 0.15) is 33.2 Å². The SMILES string of the molecule is CC1Cc2ccccc2N1CCNC(=O)c1ccccc1NC(=O)c1ccsc1. The van der Waals surface area contributed by atoms with E-state index in [2.05, 4.69) is 46.7 Å². The minimum absolute atomic E-state index is 0.189. The summed E-state index contributed by atoms with van der Waals surface area (Å²) in [6.07, 6.45) is 1.03. The summed E-state index contributed by atoms with van der Waals surface area (Å²) in [5.74, 6) is -0.402. The molecule has 0 fully saturated rings. The number of benzene rings is 2. The van der Waals surface area contributed by atoms with Crippen LogP contribution in [-0.4, -0.2) is 30.9 Å². The van der Waals surface area contributed by atoms with Gasteiger partial charge in [0, 0.05) is 30.2 Å². The Morgan fingerprint density at radius 3 is 2.69 bits per heavy atom. The minimum Gasteiger partial charge on any atom is -0.367 e. The van der Waals surface area contributed by atoms with Crippen molar-refractivity contribution in [2.75, 3.05) is 23.3 Å². The average molecular weight is 406 g/mol. The lowest BCUT2D eigenvalue weighted by Gasteiger charge is -2.25. The molecule has 1 aliphatic rings. The van der Waals surface area contributed by atoms with Crippen molar-refractivity contribution in [2.24, 2.45) is 0 Å². The number of hydrogen-bond donors (Lipinski definition) is 2. The summed E-state index contributed by atoms with van der Waals surface area (Å²) in [6.45, 7) is 3.48. The zero-order valence-corrected chi connectivity index (χ0v) is 17.0. The Bertz CT molecular complexity index is 1020. The third-order valence-electron chi connectivity index (χ3n) is 5.19. The van der Waals surface area contributed by atoms with Gasteiger partial charge in [0.1, 0.15) is 0 Å². The predicted octanol–water partition coefficient (Wildman–Crippen LogP) is 4.18. The fraction of sp³-hybridized carbons (Fsp3) is 0.217. The number of thiophene rings is 1. The molecule has 1 atom stereocenters. The van der Waals surface area contributed by atoms with Crippen molar-refractivity contribution in [1.29, 1.82) is 0 Å². The molecule has 0 bridgehead atoms. The summed E-state index contributed by atoms with van der Waals surface area (Å²) in [6, 6.07) is 17.7. The maximum absolute atomic E-state index is 12.8. The molecule has 1 aromatic heterocycles. The molecule has 0 spiro atoms. The van der Waals surface area contributed by atoms with E-state index in [1.54, 1.807) is 29.6 Å². The van der Waals surface area contributed by atoms with Gasteiger partial charge in [0.25, 0.3) is 11.8 Å². The first-order valence-corrected chi connectivity index (χ1v) is 10.6. The fourth-order valence-corrected chi connectivity index (χ4v) is 4.37. The Morgan fingerprint density at radius 2 is 1.86 bits per heavy atom. The lowest BCUT2D eigenvalue weighted by molar-refractivity contribution is 0.0955. The van der Waals surface area contributed by atoms with Crippen LogP contribution in [0.15, 0.2) is 65.4 Å². The molecular weight excluding hydrogens is 382 g/mol. The minimum atomic E-state index is -0.214. The Morgan fingerprint density at radius 1 is 1.07 bits per heavy atom. The quantitative estimate of drug-likeness (QED) is 0.647. The standard InChI is InChI=1S/C23H23N3O2S/c1-16-14-17-6-2-5-9-21(17)26(16)12-11-24-23(28)19-7-3-4-8-20(19)25-22(27)18-10-13-29-15-18/h2-10,13,15-16H,11-12,14H2,1H3,(H,24,28)(H,25,27). The Kier molecular flexibility index (Phi) is 5.62. The fourth-order valence-electron chi connectivity index (χ4n) is 3.73. The van der Waals surface area contributed by atoms with E-state index in [1.165, 1.54) is 22.6 Å². The summed E-state index contributed by atoms with van der Waals surface area (Å²) in [5.41, 5.74) is 4.17. The molecule has 1 unspecified atom stereocenters. The first-order chi connectivity index (χ1) is 14.1. The van der Waals surface area contributed by atoms with Crippen molar-refractivity contribution < 1.29 is 9.59 Å². The van der Waals surface area contributed by atoms with E-state index in [4.69, 9.17) is 0 Å². The second-order valence-corrected chi connectivity index (χ2v) is 7.92. The van der Waals surface area contributed by atoms with Gasteiger partial charge in [-0.05, 0) is 48.6 Å². The molecule has 2 heterocycles. The monoisotopic (exact) mass is 405 g/mol. The van der Waals surface area contributed by atoms with Gasteiger partial charge in [0.2, 0.25) is 0 Å². The van der Waals surface area contributed by atoms with Gasteiger partial charge < -0.3 is 15.5 Å². The molecule has 2 N–H and O–H groups in total. The number of para-hydroxylation sites is 2. The second-order valence-electron chi connectivity index (χ2n) is 7.14. The van der Waals surface area contributed by atoms with Gasteiger partial charge in [-0.2, -0.15) is 11.3 Å². The molecule has 148 valence electrons.